The van der Waals surface area contributed by atoms with Gasteiger partial charge in [-0.05, 0) is 30.5 Å². The summed E-state index contributed by atoms with van der Waals surface area (Å²) in [4.78, 5) is 0. The summed E-state index contributed by atoms with van der Waals surface area (Å²) in [5.74, 6) is 0. The van der Waals surface area contributed by atoms with Crippen molar-refractivity contribution in [3.05, 3.63) is 29.8 Å². The minimum Gasteiger partial charge on any atom is -0.399 e. The number of hydrogen-bond acceptors (Lipinski definition) is 2. The SMILES string of the molecule is CCC(CC)(OC)c1ccc(N)cc1. The molecule has 2 heteroatoms. The second-order valence-electron chi connectivity index (χ2n) is 3.53. The molecule has 0 unspecified atom stereocenters. The third kappa shape index (κ3) is 1.90. The van der Waals surface area contributed by atoms with Crippen molar-refractivity contribution in [2.45, 2.75) is 32.3 Å². The standard InChI is InChI=1S/C12H19NO/c1-4-12(5-2,14-3)10-6-8-11(13)9-7-10/h6-9H,4-5,13H2,1-3H3. The third-order valence-electron chi connectivity index (χ3n) is 2.97. The molecule has 1 aromatic rings. The van der Waals surface area contributed by atoms with Gasteiger partial charge in [0.25, 0.3) is 0 Å². The van der Waals surface area contributed by atoms with E-state index in [1.54, 1.807) is 7.11 Å². The van der Waals surface area contributed by atoms with Crippen LogP contribution in [0.4, 0.5) is 5.69 Å². The van der Waals surface area contributed by atoms with Crippen LogP contribution in [0.25, 0.3) is 0 Å². The van der Waals surface area contributed by atoms with Crippen molar-refractivity contribution in [1.82, 2.24) is 0 Å². The quantitative estimate of drug-likeness (QED) is 0.746. The zero-order valence-corrected chi connectivity index (χ0v) is 9.21. The van der Waals surface area contributed by atoms with E-state index in [2.05, 4.69) is 13.8 Å². The van der Waals surface area contributed by atoms with Gasteiger partial charge in [0.05, 0.1) is 5.60 Å². The van der Waals surface area contributed by atoms with Gasteiger partial charge in [0.15, 0.2) is 0 Å². The number of nitrogens with two attached hydrogens (primary N) is 1. The lowest BCUT2D eigenvalue weighted by Gasteiger charge is -2.30. The fourth-order valence-electron chi connectivity index (χ4n) is 1.85. The molecule has 0 bridgehead atoms. The minimum absolute atomic E-state index is 0.145. The number of hydrogen-bond donors (Lipinski definition) is 1. The average molecular weight is 193 g/mol. The molecule has 2 nitrogen and oxygen atoms in total. The summed E-state index contributed by atoms with van der Waals surface area (Å²) in [5.41, 5.74) is 7.51. The molecule has 1 rings (SSSR count). The molecule has 0 fully saturated rings. The monoisotopic (exact) mass is 193 g/mol. The van der Waals surface area contributed by atoms with Crippen LogP contribution < -0.4 is 5.73 Å². The van der Waals surface area contributed by atoms with Gasteiger partial charge in [0, 0.05) is 12.8 Å². The Labute approximate surface area is 86.1 Å². The first-order valence-corrected chi connectivity index (χ1v) is 5.09. The van der Waals surface area contributed by atoms with E-state index in [1.807, 2.05) is 24.3 Å². The van der Waals surface area contributed by atoms with Gasteiger partial charge in [-0.25, -0.2) is 0 Å². The molecule has 2 N–H and O–H groups in total. The molecule has 78 valence electrons. The Hall–Kier alpha value is -1.02. The van der Waals surface area contributed by atoms with Crippen LogP contribution in [0.1, 0.15) is 32.3 Å². The maximum Gasteiger partial charge on any atom is 0.0922 e. The van der Waals surface area contributed by atoms with E-state index in [1.165, 1.54) is 5.56 Å². The number of methoxy groups -OCH3 is 1. The van der Waals surface area contributed by atoms with Crippen molar-refractivity contribution >= 4 is 5.69 Å². The highest BCUT2D eigenvalue weighted by Gasteiger charge is 2.27. The molecule has 0 aliphatic rings. The largest absolute Gasteiger partial charge is 0.399 e. The fraction of sp³-hybridized carbons (Fsp3) is 0.500. The molecule has 14 heavy (non-hydrogen) atoms. The number of anilines is 1. The molecule has 0 radical (unpaired) electrons. The molecule has 0 amide bonds. The maximum atomic E-state index is 5.65. The zero-order valence-electron chi connectivity index (χ0n) is 9.21. The van der Waals surface area contributed by atoms with E-state index < -0.39 is 0 Å². The molecule has 0 aromatic heterocycles. The van der Waals surface area contributed by atoms with Crippen molar-refractivity contribution in [3.63, 3.8) is 0 Å². The van der Waals surface area contributed by atoms with Crippen LogP contribution in [0, 0.1) is 0 Å². The normalized spacial score (nSPS) is 11.6. The number of nitrogen functional groups attached to an aromatic ring is 1. The van der Waals surface area contributed by atoms with Gasteiger partial charge in [-0.15, -0.1) is 0 Å². The van der Waals surface area contributed by atoms with Gasteiger partial charge in [0.1, 0.15) is 0 Å². The summed E-state index contributed by atoms with van der Waals surface area (Å²) in [6.45, 7) is 4.28. The Kier molecular flexibility index (Phi) is 3.53. The van der Waals surface area contributed by atoms with Gasteiger partial charge < -0.3 is 10.5 Å². The molecular weight excluding hydrogens is 174 g/mol. The smallest absolute Gasteiger partial charge is 0.0922 e. The van der Waals surface area contributed by atoms with Gasteiger partial charge in [-0.3, -0.25) is 0 Å². The Morgan fingerprint density at radius 3 is 2.00 bits per heavy atom. The second-order valence-corrected chi connectivity index (χ2v) is 3.53. The lowest BCUT2D eigenvalue weighted by Crippen LogP contribution is -2.26. The van der Waals surface area contributed by atoms with E-state index in [9.17, 15) is 0 Å². The summed E-state index contributed by atoms with van der Waals surface area (Å²) < 4.78 is 5.62. The fourth-order valence-corrected chi connectivity index (χ4v) is 1.85. The van der Waals surface area contributed by atoms with Gasteiger partial charge in [-0.2, -0.15) is 0 Å². The zero-order chi connectivity index (χ0) is 10.6. The van der Waals surface area contributed by atoms with E-state index in [-0.39, 0.29) is 5.60 Å². The van der Waals surface area contributed by atoms with E-state index in [0.717, 1.165) is 18.5 Å². The van der Waals surface area contributed by atoms with Crippen LogP contribution in [-0.2, 0) is 10.3 Å². The number of rotatable bonds is 4. The van der Waals surface area contributed by atoms with Gasteiger partial charge in [-0.1, -0.05) is 26.0 Å². The predicted octanol–water partition coefficient (Wildman–Crippen LogP) is 2.93. The van der Waals surface area contributed by atoms with Crippen LogP contribution in [-0.4, -0.2) is 7.11 Å². The number of ether oxygens (including phenoxy) is 1. The lowest BCUT2D eigenvalue weighted by molar-refractivity contribution is -0.0217. The van der Waals surface area contributed by atoms with Crippen molar-refractivity contribution in [2.75, 3.05) is 12.8 Å². The molecule has 0 saturated carbocycles. The molecule has 0 atom stereocenters. The van der Waals surface area contributed by atoms with E-state index >= 15 is 0 Å². The summed E-state index contributed by atoms with van der Waals surface area (Å²) in [6.07, 6.45) is 1.95. The first-order valence-electron chi connectivity index (χ1n) is 5.09. The van der Waals surface area contributed by atoms with Crippen molar-refractivity contribution in [2.24, 2.45) is 0 Å². The lowest BCUT2D eigenvalue weighted by atomic mass is 9.88. The molecule has 0 spiro atoms. The van der Waals surface area contributed by atoms with Crippen molar-refractivity contribution in [3.8, 4) is 0 Å². The maximum absolute atomic E-state index is 5.65. The highest BCUT2D eigenvalue weighted by molar-refractivity contribution is 5.40. The van der Waals surface area contributed by atoms with Gasteiger partial charge >= 0.3 is 0 Å². The molecule has 0 aliphatic carbocycles. The molecule has 0 heterocycles. The van der Waals surface area contributed by atoms with Crippen LogP contribution >= 0.6 is 0 Å². The van der Waals surface area contributed by atoms with E-state index in [4.69, 9.17) is 10.5 Å². The summed E-state index contributed by atoms with van der Waals surface area (Å²) in [6, 6.07) is 7.94. The molecular formula is C12H19NO. The first kappa shape index (κ1) is 11.1. The molecule has 1 aromatic carbocycles. The minimum atomic E-state index is -0.145. The average Bonchev–Trinajstić information content (AvgIpc) is 2.24. The van der Waals surface area contributed by atoms with Crippen LogP contribution in [0.15, 0.2) is 24.3 Å². The summed E-state index contributed by atoms with van der Waals surface area (Å²) in [7, 11) is 1.77. The Bertz CT molecular complexity index is 267. The highest BCUT2D eigenvalue weighted by Crippen LogP contribution is 2.32. The third-order valence-corrected chi connectivity index (χ3v) is 2.97. The van der Waals surface area contributed by atoms with E-state index in [0.29, 0.717) is 0 Å². The Morgan fingerprint density at radius 1 is 1.14 bits per heavy atom. The summed E-state index contributed by atoms with van der Waals surface area (Å²) in [5, 5.41) is 0. The topological polar surface area (TPSA) is 35.2 Å². The van der Waals surface area contributed by atoms with Crippen LogP contribution in [0.5, 0.6) is 0 Å². The summed E-state index contributed by atoms with van der Waals surface area (Å²) >= 11 is 0. The molecule has 0 saturated heterocycles. The Balaban J connectivity index is 3.05. The van der Waals surface area contributed by atoms with Crippen LogP contribution in [0.3, 0.4) is 0 Å². The van der Waals surface area contributed by atoms with Gasteiger partial charge in [0.2, 0.25) is 0 Å². The highest BCUT2D eigenvalue weighted by atomic mass is 16.5. The first-order chi connectivity index (χ1) is 6.68. The van der Waals surface area contributed by atoms with Crippen molar-refractivity contribution in [1.29, 1.82) is 0 Å². The van der Waals surface area contributed by atoms with Crippen LogP contribution in [0.2, 0.25) is 0 Å². The predicted molar refractivity (Wildman–Crippen MR) is 60.1 cm³/mol. The van der Waals surface area contributed by atoms with Crippen molar-refractivity contribution < 1.29 is 4.74 Å². The Morgan fingerprint density at radius 2 is 1.64 bits per heavy atom. The number of benzene rings is 1. The molecule has 0 aliphatic heterocycles. The second kappa shape index (κ2) is 4.47.